The molecule has 19 heavy (non-hydrogen) atoms. The summed E-state index contributed by atoms with van der Waals surface area (Å²) in [6.07, 6.45) is 10.2. The van der Waals surface area contributed by atoms with Gasteiger partial charge in [0.2, 0.25) is 0 Å². The quantitative estimate of drug-likeness (QED) is 0.715. The van der Waals surface area contributed by atoms with E-state index in [9.17, 15) is 4.79 Å². The largest absolute Gasteiger partial charge is 0.501 e. The summed E-state index contributed by atoms with van der Waals surface area (Å²) in [6, 6.07) is 0. The van der Waals surface area contributed by atoms with Crippen molar-refractivity contribution in [1.29, 1.82) is 0 Å². The van der Waals surface area contributed by atoms with Crippen LogP contribution in [-0.4, -0.2) is 12.9 Å². The molecule has 2 heteroatoms. The number of hydrogen-bond donors (Lipinski definition) is 0. The molecule has 0 fully saturated rings. The maximum Gasteiger partial charge on any atom is 0.155 e. The molecule has 0 heterocycles. The summed E-state index contributed by atoms with van der Waals surface area (Å²) in [5.41, 5.74) is 2.84. The molecule has 0 amide bonds. The molecule has 0 aromatic rings. The Kier molecular flexibility index (Phi) is 2.92. The SMILES string of the molecule is COC1=CC2=CC3=CC(=O)CCC3CC2C(C)(C)C1. The number of hydrogen-bond acceptors (Lipinski definition) is 2. The van der Waals surface area contributed by atoms with Gasteiger partial charge in [0.25, 0.3) is 0 Å². The molecule has 0 saturated carbocycles. The molecule has 0 aromatic carbocycles. The Hall–Kier alpha value is -1.31. The maximum absolute atomic E-state index is 11.6. The van der Waals surface area contributed by atoms with Gasteiger partial charge in [-0.15, -0.1) is 0 Å². The second-order valence-corrected chi connectivity index (χ2v) is 6.76. The van der Waals surface area contributed by atoms with Crippen molar-refractivity contribution in [2.45, 2.75) is 39.5 Å². The van der Waals surface area contributed by atoms with Crippen molar-refractivity contribution in [2.75, 3.05) is 7.11 Å². The fourth-order valence-electron chi connectivity index (χ4n) is 3.84. The summed E-state index contributed by atoms with van der Waals surface area (Å²) in [7, 11) is 1.75. The van der Waals surface area contributed by atoms with E-state index in [0.29, 0.717) is 11.8 Å². The lowest BCUT2D eigenvalue weighted by Gasteiger charge is -2.44. The molecule has 3 aliphatic carbocycles. The van der Waals surface area contributed by atoms with Gasteiger partial charge in [-0.25, -0.2) is 0 Å². The highest BCUT2D eigenvalue weighted by molar-refractivity contribution is 5.92. The molecule has 0 bridgehead atoms. The van der Waals surface area contributed by atoms with Gasteiger partial charge in [0.05, 0.1) is 12.9 Å². The van der Waals surface area contributed by atoms with E-state index in [1.165, 1.54) is 17.6 Å². The second-order valence-electron chi connectivity index (χ2n) is 6.76. The predicted octanol–water partition coefficient (Wildman–Crippen LogP) is 3.80. The fraction of sp³-hybridized carbons (Fsp3) is 0.588. The minimum atomic E-state index is 0.249. The van der Waals surface area contributed by atoms with Crippen molar-refractivity contribution in [3.8, 4) is 0 Å². The highest BCUT2D eigenvalue weighted by Crippen LogP contribution is 2.51. The molecule has 2 unspecified atom stereocenters. The summed E-state index contributed by atoms with van der Waals surface area (Å²) in [5.74, 6) is 2.53. The number of fused-ring (bicyclic) bond motifs is 2. The van der Waals surface area contributed by atoms with Crippen LogP contribution in [0, 0.1) is 17.3 Å². The average molecular weight is 258 g/mol. The van der Waals surface area contributed by atoms with Gasteiger partial charge in [-0.3, -0.25) is 4.79 Å². The molecule has 0 radical (unpaired) electrons. The van der Waals surface area contributed by atoms with E-state index in [-0.39, 0.29) is 11.2 Å². The summed E-state index contributed by atoms with van der Waals surface area (Å²) in [4.78, 5) is 11.6. The number of ketones is 1. The molecule has 0 N–H and O–H groups in total. The van der Waals surface area contributed by atoms with Crippen LogP contribution in [-0.2, 0) is 9.53 Å². The van der Waals surface area contributed by atoms with Gasteiger partial charge in [-0.05, 0) is 53.4 Å². The van der Waals surface area contributed by atoms with E-state index in [1.54, 1.807) is 7.11 Å². The lowest BCUT2D eigenvalue weighted by atomic mass is 9.61. The van der Waals surface area contributed by atoms with E-state index >= 15 is 0 Å². The van der Waals surface area contributed by atoms with Crippen LogP contribution in [0.15, 0.2) is 35.1 Å². The summed E-state index contributed by atoms with van der Waals surface area (Å²) < 4.78 is 5.47. The predicted molar refractivity (Wildman–Crippen MR) is 75.5 cm³/mol. The van der Waals surface area contributed by atoms with Gasteiger partial charge in [-0.2, -0.15) is 0 Å². The Labute approximate surface area is 115 Å². The normalized spacial score (nSPS) is 32.6. The molecular weight excluding hydrogens is 236 g/mol. The van der Waals surface area contributed by atoms with Crippen LogP contribution in [0.4, 0.5) is 0 Å². The lowest BCUT2D eigenvalue weighted by molar-refractivity contribution is -0.115. The third-order valence-corrected chi connectivity index (χ3v) is 4.96. The fourth-order valence-corrected chi connectivity index (χ4v) is 3.84. The Bertz CT molecular complexity index is 505. The van der Waals surface area contributed by atoms with Gasteiger partial charge in [0.1, 0.15) is 0 Å². The highest BCUT2D eigenvalue weighted by Gasteiger charge is 2.41. The van der Waals surface area contributed by atoms with Gasteiger partial charge >= 0.3 is 0 Å². The molecule has 2 nitrogen and oxygen atoms in total. The second kappa shape index (κ2) is 4.36. The van der Waals surface area contributed by atoms with Crippen molar-refractivity contribution in [2.24, 2.45) is 17.3 Å². The Morgan fingerprint density at radius 3 is 2.74 bits per heavy atom. The van der Waals surface area contributed by atoms with Gasteiger partial charge in [-0.1, -0.05) is 19.9 Å². The monoisotopic (exact) mass is 258 g/mol. The number of methoxy groups -OCH3 is 1. The lowest BCUT2D eigenvalue weighted by Crippen LogP contribution is -2.35. The number of rotatable bonds is 1. The molecule has 3 aliphatic rings. The minimum Gasteiger partial charge on any atom is -0.501 e. The molecule has 2 atom stereocenters. The van der Waals surface area contributed by atoms with Crippen molar-refractivity contribution in [3.63, 3.8) is 0 Å². The zero-order valence-electron chi connectivity index (χ0n) is 12.0. The smallest absolute Gasteiger partial charge is 0.155 e. The first-order valence-corrected chi connectivity index (χ1v) is 7.20. The van der Waals surface area contributed by atoms with E-state index in [1.807, 2.05) is 6.08 Å². The standard InChI is InChI=1S/C17H22O2/c1-17(2)10-15(19-3)8-13-6-12-7-14(18)5-4-11(12)9-16(13)17/h6-8,11,16H,4-5,9-10H2,1-3H3. The zero-order valence-corrected chi connectivity index (χ0v) is 12.0. The van der Waals surface area contributed by atoms with Crippen LogP contribution in [0.25, 0.3) is 0 Å². The molecule has 3 rings (SSSR count). The number of carbonyl (C=O) groups is 1. The van der Waals surface area contributed by atoms with Gasteiger partial charge in [0, 0.05) is 12.8 Å². The first kappa shape index (κ1) is 12.7. The van der Waals surface area contributed by atoms with Crippen LogP contribution in [0.1, 0.15) is 39.5 Å². The van der Waals surface area contributed by atoms with E-state index in [0.717, 1.165) is 25.0 Å². The van der Waals surface area contributed by atoms with Crippen LogP contribution >= 0.6 is 0 Å². The number of allylic oxidation sites excluding steroid dienone is 6. The molecule has 0 spiro atoms. The highest BCUT2D eigenvalue weighted by atomic mass is 16.5. The summed E-state index contributed by atoms with van der Waals surface area (Å²) in [6.45, 7) is 4.67. The Morgan fingerprint density at radius 1 is 1.21 bits per heavy atom. The third-order valence-electron chi connectivity index (χ3n) is 4.96. The van der Waals surface area contributed by atoms with Crippen LogP contribution < -0.4 is 0 Å². The van der Waals surface area contributed by atoms with E-state index in [4.69, 9.17) is 4.74 Å². The minimum absolute atomic E-state index is 0.249. The molecule has 0 aliphatic heterocycles. The summed E-state index contributed by atoms with van der Waals surface area (Å²) >= 11 is 0. The topological polar surface area (TPSA) is 26.3 Å². The summed E-state index contributed by atoms with van der Waals surface area (Å²) in [5, 5.41) is 0. The van der Waals surface area contributed by atoms with Crippen LogP contribution in [0.3, 0.4) is 0 Å². The first-order valence-electron chi connectivity index (χ1n) is 7.20. The van der Waals surface area contributed by atoms with E-state index < -0.39 is 0 Å². The molecule has 102 valence electrons. The number of carbonyl (C=O) groups excluding carboxylic acids is 1. The van der Waals surface area contributed by atoms with Crippen molar-refractivity contribution in [1.82, 2.24) is 0 Å². The van der Waals surface area contributed by atoms with Crippen LogP contribution in [0.5, 0.6) is 0 Å². The van der Waals surface area contributed by atoms with E-state index in [2.05, 4.69) is 26.0 Å². The third kappa shape index (κ3) is 2.18. The van der Waals surface area contributed by atoms with Gasteiger partial charge < -0.3 is 4.74 Å². The average Bonchev–Trinajstić information content (AvgIpc) is 2.36. The van der Waals surface area contributed by atoms with Crippen LogP contribution in [0.2, 0.25) is 0 Å². The van der Waals surface area contributed by atoms with Crippen molar-refractivity contribution >= 4 is 5.78 Å². The van der Waals surface area contributed by atoms with Gasteiger partial charge in [0.15, 0.2) is 5.78 Å². The first-order chi connectivity index (χ1) is 8.99. The molecular formula is C17H22O2. The van der Waals surface area contributed by atoms with Crippen molar-refractivity contribution in [3.05, 3.63) is 35.1 Å². The zero-order chi connectivity index (χ0) is 13.6. The molecule has 0 saturated heterocycles. The molecule has 0 aromatic heterocycles. The number of ether oxygens (including phenoxy) is 1. The Balaban J connectivity index is 2.03. The Morgan fingerprint density at radius 2 is 2.00 bits per heavy atom. The van der Waals surface area contributed by atoms with Crippen molar-refractivity contribution < 1.29 is 9.53 Å². The maximum atomic E-state index is 11.6.